The van der Waals surface area contributed by atoms with E-state index in [9.17, 15) is 0 Å². The first-order chi connectivity index (χ1) is 7.70. The summed E-state index contributed by atoms with van der Waals surface area (Å²) in [6.07, 6.45) is 0.699. The Kier molecular flexibility index (Phi) is 2.68. The molecule has 0 saturated heterocycles. The van der Waals surface area contributed by atoms with Gasteiger partial charge in [-0.3, -0.25) is 0 Å². The van der Waals surface area contributed by atoms with Gasteiger partial charge < -0.3 is 11.5 Å². The number of nitrogens with zero attached hydrogens (tertiary/aromatic N) is 3. The van der Waals surface area contributed by atoms with Gasteiger partial charge >= 0.3 is 0 Å². The standard InChI is InChI=1S/C11H13N5/c1-2-9-14-8-6-4-3-5-7(8)10(12)16-11(13)15-9/h3-6H,2H2,1H3,(H4,12,13,14,15,16). The summed E-state index contributed by atoms with van der Waals surface area (Å²) < 4.78 is 0. The minimum Gasteiger partial charge on any atom is -0.383 e. The number of guanidine groups is 1. The third kappa shape index (κ3) is 1.93. The van der Waals surface area contributed by atoms with Gasteiger partial charge in [0.05, 0.1) is 5.69 Å². The molecule has 1 aliphatic rings. The topological polar surface area (TPSA) is 89.1 Å². The molecule has 5 nitrogen and oxygen atoms in total. The van der Waals surface area contributed by atoms with E-state index in [1.54, 1.807) is 0 Å². The molecule has 4 N–H and O–H groups in total. The molecule has 0 spiro atoms. The third-order valence-electron chi connectivity index (χ3n) is 2.22. The lowest BCUT2D eigenvalue weighted by atomic mass is 10.1. The van der Waals surface area contributed by atoms with Crippen LogP contribution < -0.4 is 11.5 Å². The summed E-state index contributed by atoms with van der Waals surface area (Å²) in [5.41, 5.74) is 13.0. The third-order valence-corrected chi connectivity index (χ3v) is 2.22. The van der Waals surface area contributed by atoms with Gasteiger partial charge in [-0.05, 0) is 12.1 Å². The number of hydrogen-bond donors (Lipinski definition) is 2. The smallest absolute Gasteiger partial charge is 0.223 e. The maximum absolute atomic E-state index is 5.81. The molecular formula is C11H13N5. The summed E-state index contributed by atoms with van der Waals surface area (Å²) in [6.45, 7) is 1.97. The number of para-hydroxylation sites is 1. The van der Waals surface area contributed by atoms with E-state index in [-0.39, 0.29) is 5.96 Å². The van der Waals surface area contributed by atoms with Crippen molar-refractivity contribution in [3.8, 4) is 0 Å². The van der Waals surface area contributed by atoms with Crippen LogP contribution in [0, 0.1) is 0 Å². The molecule has 5 heteroatoms. The minimum absolute atomic E-state index is 0.146. The Labute approximate surface area is 93.6 Å². The number of rotatable bonds is 1. The first kappa shape index (κ1) is 10.4. The van der Waals surface area contributed by atoms with Crippen molar-refractivity contribution in [3.05, 3.63) is 29.8 Å². The first-order valence-electron chi connectivity index (χ1n) is 5.06. The molecule has 16 heavy (non-hydrogen) atoms. The number of amidine groups is 2. The zero-order valence-electron chi connectivity index (χ0n) is 9.01. The van der Waals surface area contributed by atoms with Gasteiger partial charge in [-0.15, -0.1) is 0 Å². The molecule has 82 valence electrons. The molecule has 0 aliphatic carbocycles. The quantitative estimate of drug-likeness (QED) is 0.736. The summed E-state index contributed by atoms with van der Waals surface area (Å²) in [6, 6.07) is 7.53. The average molecular weight is 215 g/mol. The Morgan fingerprint density at radius 2 is 1.81 bits per heavy atom. The van der Waals surface area contributed by atoms with Crippen LogP contribution in [0.3, 0.4) is 0 Å². The molecule has 0 radical (unpaired) electrons. The predicted molar refractivity (Wildman–Crippen MR) is 66.2 cm³/mol. The van der Waals surface area contributed by atoms with Crippen molar-refractivity contribution in [2.75, 3.05) is 0 Å². The highest BCUT2D eigenvalue weighted by molar-refractivity contribution is 6.11. The zero-order valence-corrected chi connectivity index (χ0v) is 9.01. The maximum Gasteiger partial charge on any atom is 0.223 e. The largest absolute Gasteiger partial charge is 0.383 e. The van der Waals surface area contributed by atoms with Crippen molar-refractivity contribution < 1.29 is 0 Å². The molecule has 1 heterocycles. The molecule has 0 saturated carbocycles. The van der Waals surface area contributed by atoms with E-state index in [0.29, 0.717) is 18.1 Å². The Morgan fingerprint density at radius 1 is 1.06 bits per heavy atom. The van der Waals surface area contributed by atoms with Gasteiger partial charge in [0.2, 0.25) is 5.96 Å². The van der Waals surface area contributed by atoms with E-state index in [1.807, 2.05) is 31.2 Å². The van der Waals surface area contributed by atoms with E-state index in [1.165, 1.54) is 0 Å². The predicted octanol–water partition coefficient (Wildman–Crippen LogP) is 1.16. The van der Waals surface area contributed by atoms with Crippen molar-refractivity contribution >= 4 is 23.3 Å². The fraction of sp³-hybridized carbons (Fsp3) is 0.182. The molecule has 0 atom stereocenters. The van der Waals surface area contributed by atoms with E-state index >= 15 is 0 Å². The maximum atomic E-state index is 5.81. The monoisotopic (exact) mass is 215 g/mol. The normalized spacial score (nSPS) is 18.4. The number of fused-ring (bicyclic) bond motifs is 1. The second kappa shape index (κ2) is 4.14. The van der Waals surface area contributed by atoms with E-state index in [0.717, 1.165) is 11.3 Å². The zero-order chi connectivity index (χ0) is 11.5. The summed E-state index contributed by atoms with van der Waals surface area (Å²) in [5.74, 6) is 1.14. The highest BCUT2D eigenvalue weighted by Gasteiger charge is 2.09. The lowest BCUT2D eigenvalue weighted by molar-refractivity contribution is 1.22. The van der Waals surface area contributed by atoms with Gasteiger partial charge in [-0.1, -0.05) is 19.1 Å². The van der Waals surface area contributed by atoms with Crippen LogP contribution in [0.15, 0.2) is 39.2 Å². The summed E-state index contributed by atoms with van der Waals surface area (Å²) >= 11 is 0. The molecule has 2 rings (SSSR count). The van der Waals surface area contributed by atoms with Crippen LogP contribution in [0.1, 0.15) is 18.9 Å². The fourth-order valence-corrected chi connectivity index (χ4v) is 1.45. The van der Waals surface area contributed by atoms with Crippen LogP contribution in [0.5, 0.6) is 0 Å². The summed E-state index contributed by atoms with van der Waals surface area (Å²) in [7, 11) is 0. The first-order valence-corrected chi connectivity index (χ1v) is 5.06. The highest BCUT2D eigenvalue weighted by atomic mass is 15.1. The lowest BCUT2D eigenvalue weighted by Gasteiger charge is -2.09. The van der Waals surface area contributed by atoms with Crippen LogP contribution in [0.4, 0.5) is 5.69 Å². The van der Waals surface area contributed by atoms with Crippen molar-refractivity contribution in [2.24, 2.45) is 26.4 Å². The number of aliphatic imine (C=N–C) groups is 3. The van der Waals surface area contributed by atoms with Crippen LogP contribution in [-0.4, -0.2) is 17.6 Å². The second-order valence-electron chi connectivity index (χ2n) is 3.37. The molecule has 1 aliphatic heterocycles. The SMILES string of the molecule is CCC1=Nc2ccccc2/C(N)=N\C(N)=N1. The van der Waals surface area contributed by atoms with Gasteiger partial charge in [-0.25, -0.2) is 4.99 Å². The van der Waals surface area contributed by atoms with Crippen molar-refractivity contribution in [1.29, 1.82) is 0 Å². The molecule has 0 aromatic heterocycles. The Bertz CT molecular complexity index is 499. The Morgan fingerprint density at radius 3 is 2.56 bits per heavy atom. The Hall–Kier alpha value is -2.17. The van der Waals surface area contributed by atoms with Gasteiger partial charge in [0.15, 0.2) is 0 Å². The average Bonchev–Trinajstić information content (AvgIpc) is 2.26. The van der Waals surface area contributed by atoms with Crippen LogP contribution in [0.25, 0.3) is 0 Å². The van der Waals surface area contributed by atoms with E-state index in [2.05, 4.69) is 15.0 Å². The summed E-state index contributed by atoms with van der Waals surface area (Å²) in [4.78, 5) is 12.5. The molecular weight excluding hydrogens is 202 g/mol. The summed E-state index contributed by atoms with van der Waals surface area (Å²) in [5, 5.41) is 0. The second-order valence-corrected chi connectivity index (χ2v) is 3.37. The molecule has 0 fully saturated rings. The number of nitrogens with two attached hydrogens (primary N) is 2. The molecule has 0 amide bonds. The van der Waals surface area contributed by atoms with Crippen molar-refractivity contribution in [2.45, 2.75) is 13.3 Å². The minimum atomic E-state index is 0.146. The van der Waals surface area contributed by atoms with Crippen LogP contribution >= 0.6 is 0 Å². The molecule has 0 unspecified atom stereocenters. The van der Waals surface area contributed by atoms with E-state index < -0.39 is 0 Å². The van der Waals surface area contributed by atoms with Gasteiger partial charge in [0, 0.05) is 12.0 Å². The molecule has 1 aromatic rings. The van der Waals surface area contributed by atoms with Crippen LogP contribution in [0.2, 0.25) is 0 Å². The van der Waals surface area contributed by atoms with Gasteiger partial charge in [0.25, 0.3) is 0 Å². The Balaban J connectivity index is 2.63. The van der Waals surface area contributed by atoms with Crippen LogP contribution in [-0.2, 0) is 0 Å². The molecule has 0 bridgehead atoms. The highest BCUT2D eigenvalue weighted by Crippen LogP contribution is 2.20. The van der Waals surface area contributed by atoms with E-state index in [4.69, 9.17) is 11.5 Å². The number of hydrogen-bond acceptors (Lipinski definition) is 5. The number of benzene rings is 1. The van der Waals surface area contributed by atoms with Gasteiger partial charge in [-0.2, -0.15) is 9.98 Å². The van der Waals surface area contributed by atoms with Gasteiger partial charge in [0.1, 0.15) is 11.7 Å². The van der Waals surface area contributed by atoms with Crippen molar-refractivity contribution in [1.82, 2.24) is 0 Å². The van der Waals surface area contributed by atoms with Crippen molar-refractivity contribution in [3.63, 3.8) is 0 Å². The lowest BCUT2D eigenvalue weighted by Crippen LogP contribution is -2.22. The fourth-order valence-electron chi connectivity index (χ4n) is 1.45. The molecule has 1 aromatic carbocycles.